The molecule has 0 saturated heterocycles. The summed E-state index contributed by atoms with van der Waals surface area (Å²) in [5, 5.41) is 0.455. The van der Waals surface area contributed by atoms with Gasteiger partial charge in [0.25, 0.3) is 5.56 Å². The van der Waals surface area contributed by atoms with Crippen molar-refractivity contribution in [2.75, 3.05) is 17.2 Å². The van der Waals surface area contributed by atoms with Gasteiger partial charge in [0, 0.05) is 24.5 Å². The number of amides is 1. The first kappa shape index (κ1) is 15.3. The molecule has 0 saturated carbocycles. The van der Waals surface area contributed by atoms with Gasteiger partial charge in [0.15, 0.2) is 5.16 Å². The number of nitrogens with one attached hydrogen (secondary N) is 1. The number of H-pyrrole nitrogens is 1. The highest BCUT2D eigenvalue weighted by atomic mass is 32.2. The largest absolute Gasteiger partial charge is 0.312 e. The molecule has 0 aliphatic carbocycles. The van der Waals surface area contributed by atoms with Crippen LogP contribution in [0.3, 0.4) is 0 Å². The zero-order valence-electron chi connectivity index (χ0n) is 12.0. The molecule has 2 rings (SSSR count). The number of hydrogen-bond donors (Lipinski definition) is 1. The lowest BCUT2D eigenvalue weighted by Gasteiger charge is -2.21. The van der Waals surface area contributed by atoms with E-state index in [0.717, 1.165) is 11.3 Å². The molecule has 110 valence electrons. The number of thioether (sulfide) groups is 1. The summed E-state index contributed by atoms with van der Waals surface area (Å²) in [7, 11) is 0. The van der Waals surface area contributed by atoms with E-state index in [1.807, 2.05) is 38.1 Å². The van der Waals surface area contributed by atoms with E-state index in [-0.39, 0.29) is 17.2 Å². The number of aromatic amines is 1. The van der Waals surface area contributed by atoms with Gasteiger partial charge in [0.05, 0.1) is 5.75 Å². The molecule has 0 fully saturated rings. The van der Waals surface area contributed by atoms with Gasteiger partial charge in [-0.25, -0.2) is 4.98 Å². The summed E-state index contributed by atoms with van der Waals surface area (Å²) < 4.78 is 0. The Bertz CT molecular complexity index is 684. The van der Waals surface area contributed by atoms with Crippen LogP contribution in [-0.4, -0.2) is 28.2 Å². The van der Waals surface area contributed by atoms with Crippen LogP contribution in [-0.2, 0) is 4.79 Å². The fraction of sp³-hybridized carbons (Fsp3) is 0.267. The SMILES string of the molecule is CCN(C(=O)CSc1nccc(=O)[nH]1)c1cccc(C)c1. The smallest absolute Gasteiger partial charge is 0.251 e. The molecule has 2 aromatic rings. The minimum absolute atomic E-state index is 0.0143. The standard InChI is InChI=1S/C15H17N3O2S/c1-3-18(12-6-4-5-11(2)9-12)14(20)10-21-15-16-8-7-13(19)17-15/h4-9H,3,10H2,1-2H3,(H,16,17,19). The summed E-state index contributed by atoms with van der Waals surface area (Å²) >= 11 is 1.23. The Labute approximate surface area is 127 Å². The number of anilines is 1. The second-order valence-corrected chi connectivity index (χ2v) is 5.47. The van der Waals surface area contributed by atoms with Gasteiger partial charge in [-0.05, 0) is 31.5 Å². The molecule has 0 atom stereocenters. The average Bonchev–Trinajstić information content (AvgIpc) is 2.46. The minimum Gasteiger partial charge on any atom is -0.312 e. The highest BCUT2D eigenvalue weighted by molar-refractivity contribution is 7.99. The Morgan fingerprint density at radius 2 is 2.19 bits per heavy atom. The van der Waals surface area contributed by atoms with E-state index >= 15 is 0 Å². The van der Waals surface area contributed by atoms with E-state index in [1.54, 1.807) is 4.90 Å². The molecule has 6 heteroatoms. The van der Waals surface area contributed by atoms with Gasteiger partial charge < -0.3 is 9.88 Å². The number of carbonyl (C=O) groups is 1. The van der Waals surface area contributed by atoms with Crippen LogP contribution in [0.4, 0.5) is 5.69 Å². The topological polar surface area (TPSA) is 66.1 Å². The third kappa shape index (κ3) is 4.19. The molecule has 0 unspecified atom stereocenters. The minimum atomic E-state index is -0.217. The first-order chi connectivity index (χ1) is 10.1. The number of aromatic nitrogens is 2. The monoisotopic (exact) mass is 303 g/mol. The van der Waals surface area contributed by atoms with Crippen molar-refractivity contribution >= 4 is 23.4 Å². The van der Waals surface area contributed by atoms with Crippen molar-refractivity contribution in [2.45, 2.75) is 19.0 Å². The molecule has 0 aliphatic rings. The van der Waals surface area contributed by atoms with Crippen LogP contribution >= 0.6 is 11.8 Å². The predicted octanol–water partition coefficient (Wildman–Crippen LogP) is 2.22. The Morgan fingerprint density at radius 1 is 1.38 bits per heavy atom. The maximum Gasteiger partial charge on any atom is 0.251 e. The van der Waals surface area contributed by atoms with Crippen LogP contribution in [0.5, 0.6) is 0 Å². The molecule has 21 heavy (non-hydrogen) atoms. The first-order valence-corrected chi connectivity index (χ1v) is 7.64. The maximum atomic E-state index is 12.3. The molecule has 5 nitrogen and oxygen atoms in total. The summed E-state index contributed by atoms with van der Waals surface area (Å²) in [4.78, 5) is 31.8. The Hall–Kier alpha value is -2.08. The summed E-state index contributed by atoms with van der Waals surface area (Å²) in [5.74, 6) is 0.217. The highest BCUT2D eigenvalue weighted by Gasteiger charge is 2.14. The van der Waals surface area contributed by atoms with E-state index in [1.165, 1.54) is 24.0 Å². The van der Waals surface area contributed by atoms with E-state index in [4.69, 9.17) is 0 Å². The summed E-state index contributed by atoms with van der Waals surface area (Å²) in [5.41, 5.74) is 1.78. The number of nitrogens with zero attached hydrogens (tertiary/aromatic N) is 2. The van der Waals surface area contributed by atoms with Gasteiger partial charge in [-0.2, -0.15) is 0 Å². The van der Waals surface area contributed by atoms with Gasteiger partial charge in [0.1, 0.15) is 0 Å². The van der Waals surface area contributed by atoms with Crippen molar-refractivity contribution in [3.63, 3.8) is 0 Å². The zero-order valence-corrected chi connectivity index (χ0v) is 12.8. The average molecular weight is 303 g/mol. The van der Waals surface area contributed by atoms with Crippen LogP contribution in [0.15, 0.2) is 46.5 Å². The van der Waals surface area contributed by atoms with Crippen LogP contribution < -0.4 is 10.5 Å². The van der Waals surface area contributed by atoms with Gasteiger partial charge in [-0.15, -0.1) is 0 Å². The van der Waals surface area contributed by atoms with E-state index < -0.39 is 0 Å². The molecular formula is C15H17N3O2S. The van der Waals surface area contributed by atoms with Crippen molar-refractivity contribution in [2.24, 2.45) is 0 Å². The highest BCUT2D eigenvalue weighted by Crippen LogP contribution is 2.18. The number of benzene rings is 1. The molecular weight excluding hydrogens is 286 g/mol. The molecule has 0 bridgehead atoms. The molecule has 1 aromatic carbocycles. The fourth-order valence-corrected chi connectivity index (χ4v) is 2.66. The zero-order chi connectivity index (χ0) is 15.2. The van der Waals surface area contributed by atoms with Crippen LogP contribution in [0.25, 0.3) is 0 Å². The van der Waals surface area contributed by atoms with E-state index in [0.29, 0.717) is 11.7 Å². The molecule has 0 radical (unpaired) electrons. The van der Waals surface area contributed by atoms with E-state index in [2.05, 4.69) is 9.97 Å². The summed E-state index contributed by atoms with van der Waals surface area (Å²) in [6.45, 7) is 4.53. The van der Waals surface area contributed by atoms with Crippen molar-refractivity contribution in [1.82, 2.24) is 9.97 Å². The number of rotatable bonds is 5. The Balaban J connectivity index is 2.05. The van der Waals surface area contributed by atoms with Crippen molar-refractivity contribution < 1.29 is 4.79 Å². The molecule has 0 aliphatic heterocycles. The van der Waals surface area contributed by atoms with Gasteiger partial charge in [0.2, 0.25) is 5.91 Å². The lowest BCUT2D eigenvalue weighted by Crippen LogP contribution is -2.32. The van der Waals surface area contributed by atoms with Crippen molar-refractivity contribution in [1.29, 1.82) is 0 Å². The third-order valence-electron chi connectivity index (χ3n) is 2.91. The summed E-state index contributed by atoms with van der Waals surface area (Å²) in [6, 6.07) is 9.17. The number of hydrogen-bond acceptors (Lipinski definition) is 4. The van der Waals surface area contributed by atoms with Gasteiger partial charge in [-0.3, -0.25) is 9.59 Å². The quantitative estimate of drug-likeness (QED) is 0.679. The van der Waals surface area contributed by atoms with Crippen LogP contribution in [0, 0.1) is 6.92 Å². The molecule has 1 N–H and O–H groups in total. The maximum absolute atomic E-state index is 12.3. The van der Waals surface area contributed by atoms with Crippen molar-refractivity contribution in [3.8, 4) is 0 Å². The van der Waals surface area contributed by atoms with Gasteiger partial charge in [-0.1, -0.05) is 23.9 Å². The molecule has 1 aromatic heterocycles. The van der Waals surface area contributed by atoms with Gasteiger partial charge >= 0.3 is 0 Å². The number of aryl methyl sites for hydroxylation is 1. The molecule has 1 heterocycles. The van der Waals surface area contributed by atoms with E-state index in [9.17, 15) is 9.59 Å². The second-order valence-electron chi connectivity index (χ2n) is 4.50. The van der Waals surface area contributed by atoms with Crippen LogP contribution in [0.2, 0.25) is 0 Å². The molecule has 1 amide bonds. The fourth-order valence-electron chi connectivity index (χ4n) is 1.93. The molecule has 0 spiro atoms. The summed E-state index contributed by atoms with van der Waals surface area (Å²) in [6.07, 6.45) is 1.43. The lowest BCUT2D eigenvalue weighted by molar-refractivity contribution is -0.116. The normalized spacial score (nSPS) is 10.4. The third-order valence-corrected chi connectivity index (χ3v) is 3.78. The first-order valence-electron chi connectivity index (χ1n) is 6.65. The Morgan fingerprint density at radius 3 is 2.86 bits per heavy atom. The number of carbonyl (C=O) groups excluding carboxylic acids is 1. The van der Waals surface area contributed by atoms with Crippen molar-refractivity contribution in [3.05, 3.63) is 52.4 Å². The Kier molecular flexibility index (Phi) is 5.16. The predicted molar refractivity (Wildman–Crippen MR) is 84.8 cm³/mol. The second kappa shape index (κ2) is 7.08. The lowest BCUT2D eigenvalue weighted by atomic mass is 10.2. The van der Waals surface area contributed by atoms with Crippen LogP contribution in [0.1, 0.15) is 12.5 Å².